The zero-order chi connectivity index (χ0) is 11.8. The van der Waals surface area contributed by atoms with Gasteiger partial charge in [0.2, 0.25) is 0 Å². The second-order valence-electron chi connectivity index (χ2n) is 3.67. The standard InChI is InChI=1S/C9H10BrNO3S2/c10-7-1-3-15-8(7)9(12)11-6-2-4-16(13,14)5-6/h1,3,6H,2,4-5H2,(H,11,12). The van der Waals surface area contributed by atoms with Crippen LogP contribution in [0.15, 0.2) is 15.9 Å². The van der Waals surface area contributed by atoms with E-state index in [1.807, 2.05) is 5.38 Å². The van der Waals surface area contributed by atoms with Crippen molar-refractivity contribution < 1.29 is 13.2 Å². The number of nitrogens with one attached hydrogen (secondary N) is 1. The van der Waals surface area contributed by atoms with Crippen LogP contribution in [-0.4, -0.2) is 31.9 Å². The molecule has 1 fully saturated rings. The van der Waals surface area contributed by atoms with Crippen LogP contribution in [0, 0.1) is 0 Å². The molecule has 1 N–H and O–H groups in total. The van der Waals surface area contributed by atoms with Crippen molar-refractivity contribution in [2.24, 2.45) is 0 Å². The highest BCUT2D eigenvalue weighted by atomic mass is 79.9. The molecule has 16 heavy (non-hydrogen) atoms. The zero-order valence-electron chi connectivity index (χ0n) is 8.27. The third kappa shape index (κ3) is 2.64. The van der Waals surface area contributed by atoms with Gasteiger partial charge in [0.15, 0.2) is 9.84 Å². The molecule has 1 aromatic heterocycles. The van der Waals surface area contributed by atoms with E-state index in [9.17, 15) is 13.2 Å². The SMILES string of the molecule is O=C(NC1CCS(=O)(=O)C1)c1sccc1Br. The molecule has 7 heteroatoms. The molecule has 88 valence electrons. The maximum absolute atomic E-state index is 11.8. The van der Waals surface area contributed by atoms with Crippen molar-refractivity contribution in [3.05, 3.63) is 20.8 Å². The number of carbonyl (C=O) groups is 1. The average Bonchev–Trinajstić information content (AvgIpc) is 2.72. The summed E-state index contributed by atoms with van der Waals surface area (Å²) in [6, 6.07) is 1.55. The Morgan fingerprint density at radius 3 is 2.81 bits per heavy atom. The molecule has 1 aliphatic heterocycles. The van der Waals surface area contributed by atoms with Crippen LogP contribution in [0.3, 0.4) is 0 Å². The van der Waals surface area contributed by atoms with E-state index in [0.29, 0.717) is 11.3 Å². The monoisotopic (exact) mass is 323 g/mol. The van der Waals surface area contributed by atoms with E-state index < -0.39 is 9.84 Å². The van der Waals surface area contributed by atoms with Crippen LogP contribution in [0.1, 0.15) is 16.1 Å². The molecule has 1 aromatic rings. The highest BCUT2D eigenvalue weighted by molar-refractivity contribution is 9.10. The second-order valence-corrected chi connectivity index (χ2v) is 7.67. The summed E-state index contributed by atoms with van der Waals surface area (Å²) in [6.45, 7) is 0. The highest BCUT2D eigenvalue weighted by Crippen LogP contribution is 2.23. The van der Waals surface area contributed by atoms with E-state index in [1.165, 1.54) is 11.3 Å². The highest BCUT2D eigenvalue weighted by Gasteiger charge is 2.29. The summed E-state index contributed by atoms with van der Waals surface area (Å²) in [5.41, 5.74) is 0. The topological polar surface area (TPSA) is 63.2 Å². The Morgan fingerprint density at radius 1 is 1.56 bits per heavy atom. The quantitative estimate of drug-likeness (QED) is 0.895. The summed E-state index contributed by atoms with van der Waals surface area (Å²) in [6.07, 6.45) is 0.511. The van der Waals surface area contributed by atoms with Crippen molar-refractivity contribution in [1.29, 1.82) is 0 Å². The Hall–Kier alpha value is -0.400. The maximum atomic E-state index is 11.8. The number of halogens is 1. The van der Waals surface area contributed by atoms with Crippen molar-refractivity contribution in [2.45, 2.75) is 12.5 Å². The molecule has 0 aliphatic carbocycles. The zero-order valence-corrected chi connectivity index (χ0v) is 11.5. The second kappa shape index (κ2) is 4.46. The Morgan fingerprint density at radius 2 is 2.31 bits per heavy atom. The summed E-state index contributed by atoms with van der Waals surface area (Å²) in [4.78, 5) is 12.4. The Kier molecular flexibility index (Phi) is 3.37. The number of hydrogen-bond acceptors (Lipinski definition) is 4. The maximum Gasteiger partial charge on any atom is 0.262 e. The molecular weight excluding hydrogens is 314 g/mol. The molecule has 1 atom stereocenters. The van der Waals surface area contributed by atoms with Gasteiger partial charge in [-0.15, -0.1) is 11.3 Å². The van der Waals surface area contributed by atoms with Gasteiger partial charge in [-0.05, 0) is 33.8 Å². The van der Waals surface area contributed by atoms with E-state index >= 15 is 0 Å². The smallest absolute Gasteiger partial charge is 0.262 e. The van der Waals surface area contributed by atoms with Gasteiger partial charge in [-0.2, -0.15) is 0 Å². The van der Waals surface area contributed by atoms with Crippen molar-refractivity contribution in [2.75, 3.05) is 11.5 Å². The minimum absolute atomic E-state index is 0.0573. The molecule has 0 bridgehead atoms. The fraction of sp³-hybridized carbons (Fsp3) is 0.444. The average molecular weight is 324 g/mol. The minimum atomic E-state index is -2.94. The minimum Gasteiger partial charge on any atom is -0.348 e. The Labute approximate surface area is 106 Å². The first-order chi connectivity index (χ1) is 7.48. The molecule has 2 heterocycles. The van der Waals surface area contributed by atoms with Gasteiger partial charge in [-0.3, -0.25) is 4.79 Å². The van der Waals surface area contributed by atoms with E-state index in [4.69, 9.17) is 0 Å². The first kappa shape index (κ1) is 12.1. The lowest BCUT2D eigenvalue weighted by Crippen LogP contribution is -2.35. The van der Waals surface area contributed by atoms with Crippen molar-refractivity contribution in [1.82, 2.24) is 5.32 Å². The van der Waals surface area contributed by atoms with Crippen LogP contribution in [0.2, 0.25) is 0 Å². The number of sulfone groups is 1. The Bertz CT molecular complexity index is 509. The predicted molar refractivity (Wildman–Crippen MR) is 66.5 cm³/mol. The number of rotatable bonds is 2. The molecule has 1 aliphatic rings. The molecule has 0 saturated carbocycles. The van der Waals surface area contributed by atoms with Crippen molar-refractivity contribution in [3.8, 4) is 0 Å². The third-order valence-electron chi connectivity index (χ3n) is 2.39. The van der Waals surface area contributed by atoms with Crippen molar-refractivity contribution >= 4 is 43.0 Å². The summed E-state index contributed by atoms with van der Waals surface area (Å²) in [7, 11) is -2.94. The lowest BCUT2D eigenvalue weighted by atomic mass is 10.2. The number of amides is 1. The number of hydrogen-bond donors (Lipinski definition) is 1. The molecular formula is C9H10BrNO3S2. The van der Waals surface area contributed by atoms with Gasteiger partial charge in [0.05, 0.1) is 11.5 Å². The normalized spacial score (nSPS) is 23.2. The van der Waals surface area contributed by atoms with E-state index in [1.54, 1.807) is 6.07 Å². The molecule has 0 spiro atoms. The molecule has 0 aromatic carbocycles. The first-order valence-corrected chi connectivity index (χ1v) is 8.21. The molecule has 1 saturated heterocycles. The molecule has 2 rings (SSSR count). The fourth-order valence-corrected chi connectivity index (χ4v) is 4.74. The summed E-state index contributed by atoms with van der Waals surface area (Å²) >= 11 is 4.60. The predicted octanol–water partition coefficient (Wildman–Crippen LogP) is 1.43. The molecule has 1 amide bonds. The summed E-state index contributed by atoms with van der Waals surface area (Å²) < 4.78 is 23.2. The lowest BCUT2D eigenvalue weighted by Gasteiger charge is -2.09. The van der Waals surface area contributed by atoms with Crippen LogP contribution in [0.5, 0.6) is 0 Å². The van der Waals surface area contributed by atoms with E-state index in [-0.39, 0.29) is 23.5 Å². The number of carbonyl (C=O) groups excluding carboxylic acids is 1. The molecule has 4 nitrogen and oxygen atoms in total. The Balaban J connectivity index is 2.02. The summed E-state index contributed by atoms with van der Waals surface area (Å²) in [5.74, 6) is 0.0228. The molecule has 0 radical (unpaired) electrons. The van der Waals surface area contributed by atoms with Gasteiger partial charge in [-0.1, -0.05) is 0 Å². The van der Waals surface area contributed by atoms with Gasteiger partial charge in [0.25, 0.3) is 5.91 Å². The van der Waals surface area contributed by atoms with Gasteiger partial charge in [0.1, 0.15) is 4.88 Å². The van der Waals surface area contributed by atoms with Gasteiger partial charge >= 0.3 is 0 Å². The lowest BCUT2D eigenvalue weighted by molar-refractivity contribution is 0.0944. The van der Waals surface area contributed by atoms with Crippen LogP contribution in [0.25, 0.3) is 0 Å². The fourth-order valence-electron chi connectivity index (χ4n) is 1.62. The van der Waals surface area contributed by atoms with Crippen LogP contribution >= 0.6 is 27.3 Å². The van der Waals surface area contributed by atoms with Crippen LogP contribution in [0.4, 0.5) is 0 Å². The number of thiophene rings is 1. The molecule has 1 unspecified atom stereocenters. The first-order valence-electron chi connectivity index (χ1n) is 4.72. The largest absolute Gasteiger partial charge is 0.348 e. The van der Waals surface area contributed by atoms with Gasteiger partial charge in [-0.25, -0.2) is 8.42 Å². The summed E-state index contributed by atoms with van der Waals surface area (Å²) in [5, 5.41) is 4.55. The van der Waals surface area contributed by atoms with Crippen molar-refractivity contribution in [3.63, 3.8) is 0 Å². The van der Waals surface area contributed by atoms with E-state index in [2.05, 4.69) is 21.2 Å². The van der Waals surface area contributed by atoms with Crippen LogP contribution in [-0.2, 0) is 9.84 Å². The van der Waals surface area contributed by atoms with Crippen LogP contribution < -0.4 is 5.32 Å². The van der Waals surface area contributed by atoms with Gasteiger partial charge in [0, 0.05) is 10.5 Å². The van der Waals surface area contributed by atoms with Gasteiger partial charge < -0.3 is 5.32 Å². The van der Waals surface area contributed by atoms with E-state index in [0.717, 1.165) is 4.47 Å². The third-order valence-corrected chi connectivity index (χ3v) is 6.00.